The van der Waals surface area contributed by atoms with E-state index in [1.807, 2.05) is 53.0 Å². The van der Waals surface area contributed by atoms with Crippen molar-refractivity contribution in [3.05, 3.63) is 64.3 Å². The van der Waals surface area contributed by atoms with E-state index in [0.717, 1.165) is 26.7 Å². The molecule has 2 N–H and O–H groups in total. The minimum Gasteiger partial charge on any atom is -0.457 e. The molecule has 0 aromatic carbocycles. The number of likely N-dealkylation sites (N-methyl/N-ethyl adjacent to an activating group) is 1. The second-order valence-corrected chi connectivity index (χ2v) is 11.9. The van der Waals surface area contributed by atoms with E-state index in [1.165, 1.54) is 6.08 Å². The number of amides is 1. The normalized spacial score (nSPS) is 17.4. The molecule has 0 radical (unpaired) electrons. The zero-order valence-corrected chi connectivity index (χ0v) is 24.2. The first-order chi connectivity index (χ1) is 18.4. The molecule has 8 nitrogen and oxygen atoms in total. The molecule has 0 saturated heterocycles. The monoisotopic (exact) mass is 556 g/mol. The smallest absolute Gasteiger partial charge is 0.410 e. The van der Waals surface area contributed by atoms with E-state index in [0.29, 0.717) is 49.9 Å². The Hall–Kier alpha value is -3.37. The molecule has 3 heterocycles. The Labute approximate surface area is 233 Å². The highest BCUT2D eigenvalue weighted by Gasteiger charge is 2.28. The first kappa shape index (κ1) is 28.6. The molecule has 10 heteroatoms. The third kappa shape index (κ3) is 6.99. The number of aromatic nitrogens is 1. The maximum absolute atomic E-state index is 14.7. The van der Waals surface area contributed by atoms with Crippen LogP contribution in [0.4, 0.5) is 14.9 Å². The van der Waals surface area contributed by atoms with Crippen LogP contribution in [-0.2, 0) is 20.8 Å². The topological polar surface area (TPSA) is 90.2 Å². The van der Waals surface area contributed by atoms with Gasteiger partial charge in [-0.25, -0.2) is 9.18 Å². The van der Waals surface area contributed by atoms with Crippen LogP contribution < -0.4 is 10.6 Å². The van der Waals surface area contributed by atoms with Crippen molar-refractivity contribution >= 4 is 28.9 Å². The molecule has 1 amide bonds. The van der Waals surface area contributed by atoms with Gasteiger partial charge in [-0.2, -0.15) is 0 Å². The van der Waals surface area contributed by atoms with Gasteiger partial charge in [-0.15, -0.1) is 11.3 Å². The number of fused-ring (bicyclic) bond motifs is 1. The number of hydrogen-bond donors (Lipinski definition) is 1. The summed E-state index contributed by atoms with van der Waals surface area (Å²) >= 11 is 1.55. The van der Waals surface area contributed by atoms with E-state index >= 15 is 0 Å². The average molecular weight is 557 g/mol. The summed E-state index contributed by atoms with van der Waals surface area (Å²) < 4.78 is 31.6. The summed E-state index contributed by atoms with van der Waals surface area (Å²) in [5.74, 6) is 0.392. The summed E-state index contributed by atoms with van der Waals surface area (Å²) in [7, 11) is 3.61. The van der Waals surface area contributed by atoms with E-state index in [4.69, 9.17) is 19.9 Å². The lowest BCUT2D eigenvalue weighted by molar-refractivity contribution is 0.0183. The van der Waals surface area contributed by atoms with Crippen molar-refractivity contribution in [3.8, 4) is 10.6 Å². The Bertz CT molecular complexity index is 1290. The van der Waals surface area contributed by atoms with Crippen LogP contribution >= 0.6 is 11.3 Å². The Morgan fingerprint density at radius 3 is 2.74 bits per heavy atom. The Morgan fingerprint density at radius 1 is 1.33 bits per heavy atom. The van der Waals surface area contributed by atoms with Crippen LogP contribution in [-0.4, -0.2) is 55.4 Å². The number of halogens is 1. The number of carbonyl (C=O) groups excluding carboxylic acids is 1. The highest BCUT2D eigenvalue weighted by molar-refractivity contribution is 7.17. The number of rotatable bonds is 8. The number of ether oxygens (including phenoxy) is 3. The van der Waals surface area contributed by atoms with Crippen LogP contribution in [0.25, 0.3) is 16.3 Å². The molecule has 1 unspecified atom stereocenters. The molecular formula is C29H37FN4O4S. The van der Waals surface area contributed by atoms with Crippen LogP contribution in [0.3, 0.4) is 0 Å². The van der Waals surface area contributed by atoms with Gasteiger partial charge in [-0.05, 0) is 57.0 Å². The van der Waals surface area contributed by atoms with E-state index in [-0.39, 0.29) is 5.92 Å². The number of allylic oxidation sites excluding steroid dienone is 4. The Kier molecular flexibility index (Phi) is 8.66. The fourth-order valence-corrected chi connectivity index (χ4v) is 5.52. The zero-order chi connectivity index (χ0) is 28.3. The lowest BCUT2D eigenvalue weighted by Crippen LogP contribution is -2.38. The third-order valence-corrected chi connectivity index (χ3v) is 7.48. The van der Waals surface area contributed by atoms with Gasteiger partial charge in [0.25, 0.3) is 0 Å². The molecule has 39 heavy (non-hydrogen) atoms. The molecule has 4 rings (SSSR count). The third-order valence-electron chi connectivity index (χ3n) is 6.32. The number of anilines is 1. The highest BCUT2D eigenvalue weighted by Crippen LogP contribution is 2.44. The second kappa shape index (κ2) is 11.8. The number of carbonyl (C=O) groups is 1. The van der Waals surface area contributed by atoms with Crippen molar-refractivity contribution in [2.24, 2.45) is 11.7 Å². The van der Waals surface area contributed by atoms with Crippen LogP contribution in [0, 0.1) is 5.92 Å². The van der Waals surface area contributed by atoms with Gasteiger partial charge in [0.1, 0.15) is 17.1 Å². The lowest BCUT2D eigenvalue weighted by atomic mass is 9.97. The van der Waals surface area contributed by atoms with E-state index in [9.17, 15) is 9.18 Å². The maximum atomic E-state index is 14.7. The van der Waals surface area contributed by atoms with Gasteiger partial charge in [0.15, 0.2) is 5.83 Å². The first-order valence-electron chi connectivity index (χ1n) is 13.0. The zero-order valence-electron chi connectivity index (χ0n) is 23.4. The largest absolute Gasteiger partial charge is 0.457 e. The SMILES string of the molecule is COCCN(Cc1ccc(-c2cc3c(s2)C(OC2=C(F)C=C(N)CC2C)=CCN3C)nc1)C(=O)OC(C)(C)C. The second-order valence-electron chi connectivity index (χ2n) is 10.9. The lowest BCUT2D eigenvalue weighted by Gasteiger charge is -2.27. The summed E-state index contributed by atoms with van der Waals surface area (Å²) in [5.41, 5.74) is 8.47. The summed E-state index contributed by atoms with van der Waals surface area (Å²) in [5, 5.41) is 0. The standard InChI is InChI=1S/C29H37FN4O4S/c1-18-13-20(31)14-21(30)26(18)37-24-9-10-33(5)23-15-25(39-27(23)24)22-8-7-19(16-32-22)17-34(11-12-36-6)28(35)38-29(2,3)4/h7-9,14-16,18H,10-13,17,31H2,1-6H3. The van der Waals surface area contributed by atoms with Crippen molar-refractivity contribution in [1.29, 1.82) is 0 Å². The number of pyridine rings is 1. The minimum absolute atomic E-state index is 0.142. The van der Waals surface area contributed by atoms with Crippen molar-refractivity contribution in [3.63, 3.8) is 0 Å². The fraction of sp³-hybridized carbons (Fsp3) is 0.448. The molecule has 210 valence electrons. The summed E-state index contributed by atoms with van der Waals surface area (Å²) in [6.07, 6.45) is 5.26. The number of nitrogens with two attached hydrogens (primary N) is 1. The number of hydrogen-bond acceptors (Lipinski definition) is 8. The summed E-state index contributed by atoms with van der Waals surface area (Å²) in [6, 6.07) is 5.99. The van der Waals surface area contributed by atoms with Crippen molar-refractivity contribution in [2.75, 3.05) is 38.8 Å². The van der Waals surface area contributed by atoms with Crippen molar-refractivity contribution in [1.82, 2.24) is 9.88 Å². The van der Waals surface area contributed by atoms with Gasteiger partial charge in [0.05, 0.1) is 34.3 Å². The molecule has 2 aliphatic rings. The van der Waals surface area contributed by atoms with Crippen molar-refractivity contribution < 1.29 is 23.4 Å². The van der Waals surface area contributed by atoms with Gasteiger partial charge >= 0.3 is 6.09 Å². The molecule has 1 aliphatic heterocycles. The van der Waals surface area contributed by atoms with Crippen LogP contribution in [0.1, 0.15) is 44.6 Å². The van der Waals surface area contributed by atoms with Gasteiger partial charge in [-0.3, -0.25) is 4.98 Å². The van der Waals surface area contributed by atoms with Crippen molar-refractivity contribution in [2.45, 2.75) is 46.3 Å². The predicted molar refractivity (Wildman–Crippen MR) is 153 cm³/mol. The minimum atomic E-state index is -0.589. The van der Waals surface area contributed by atoms with E-state index in [1.54, 1.807) is 29.5 Å². The number of methoxy groups -OCH3 is 1. The predicted octanol–water partition coefficient (Wildman–Crippen LogP) is 6.06. The quantitative estimate of drug-likeness (QED) is 0.422. The first-order valence-corrected chi connectivity index (χ1v) is 13.8. The molecular weight excluding hydrogens is 519 g/mol. The van der Waals surface area contributed by atoms with Gasteiger partial charge in [0.2, 0.25) is 0 Å². The number of thiophene rings is 1. The summed E-state index contributed by atoms with van der Waals surface area (Å²) in [6.45, 7) is 9.25. The van der Waals surface area contributed by atoms with E-state index < -0.39 is 17.5 Å². The molecule has 0 fully saturated rings. The Balaban J connectivity index is 1.53. The average Bonchev–Trinajstić information content (AvgIpc) is 3.31. The molecule has 0 bridgehead atoms. The van der Waals surface area contributed by atoms with Gasteiger partial charge in [-0.1, -0.05) is 13.0 Å². The van der Waals surface area contributed by atoms with Crippen LogP contribution in [0.15, 0.2) is 53.8 Å². The van der Waals surface area contributed by atoms with Crippen LogP contribution in [0.2, 0.25) is 0 Å². The molecule has 2 aromatic heterocycles. The van der Waals surface area contributed by atoms with Gasteiger partial charge < -0.3 is 29.7 Å². The Morgan fingerprint density at radius 2 is 2.10 bits per heavy atom. The fourth-order valence-electron chi connectivity index (χ4n) is 4.36. The molecule has 1 aliphatic carbocycles. The molecule has 0 saturated carbocycles. The molecule has 2 aromatic rings. The highest BCUT2D eigenvalue weighted by atomic mass is 32.1. The van der Waals surface area contributed by atoms with Crippen LogP contribution in [0.5, 0.6) is 0 Å². The molecule has 0 spiro atoms. The molecule has 1 atom stereocenters. The van der Waals surface area contributed by atoms with E-state index in [2.05, 4.69) is 16.0 Å². The summed E-state index contributed by atoms with van der Waals surface area (Å²) in [4.78, 5) is 23.0. The number of nitrogens with zero attached hydrogens (tertiary/aromatic N) is 3. The van der Waals surface area contributed by atoms with Gasteiger partial charge in [0, 0.05) is 45.1 Å². The maximum Gasteiger partial charge on any atom is 0.410 e.